The van der Waals surface area contributed by atoms with Crippen LogP contribution in [0.5, 0.6) is 0 Å². The first-order valence-corrected chi connectivity index (χ1v) is 1.97. The summed E-state index contributed by atoms with van der Waals surface area (Å²) in [6.45, 7) is 0. The Kier molecular flexibility index (Phi) is 2.99. The number of nitrogens with zero attached hydrogens (tertiary/aromatic N) is 1. The second-order valence-corrected chi connectivity index (χ2v) is 1.63. The monoisotopic (exact) mass is 106 g/mol. The van der Waals surface area contributed by atoms with Gasteiger partial charge < -0.3 is 0 Å². The first-order valence-electron chi connectivity index (χ1n) is 1.45. The van der Waals surface area contributed by atoms with Crippen molar-refractivity contribution in [1.82, 2.24) is 10.2 Å². The van der Waals surface area contributed by atoms with Gasteiger partial charge >= 0.3 is 0 Å². The van der Waals surface area contributed by atoms with Crippen LogP contribution in [0.15, 0.2) is 0 Å². The summed E-state index contributed by atoms with van der Waals surface area (Å²) in [5.74, 6) is 0. The molecule has 0 radical (unpaired) electrons. The number of amides is 1. The Labute approximate surface area is 38.9 Å². The lowest BCUT2D eigenvalue weighted by Gasteiger charge is -2.02. The Hall–Kier alpha value is -0.140. The normalized spacial score (nSPS) is 8.50. The van der Waals surface area contributed by atoms with Crippen LogP contribution in [0.1, 0.15) is 0 Å². The molecule has 0 aromatic carbocycles. The molecule has 0 rings (SSSR count). The van der Waals surface area contributed by atoms with E-state index in [0.717, 1.165) is 0 Å². The van der Waals surface area contributed by atoms with Crippen LogP contribution < -0.4 is 5.43 Å². The van der Waals surface area contributed by atoms with Gasteiger partial charge in [0.25, 0.3) is 0 Å². The number of carbonyl (C=O) groups excluding carboxylic acids is 1. The fourth-order valence-electron chi connectivity index (χ4n) is 0.0831. The molecule has 0 aliphatic carbocycles. The average molecular weight is 106 g/mol. The molecule has 0 spiro atoms. The molecule has 0 aliphatic rings. The molecule has 0 aromatic heterocycles. The highest BCUT2D eigenvalue weighted by molar-refractivity contribution is 7.13. The zero-order chi connectivity index (χ0) is 4.99. The Morgan fingerprint density at radius 1 is 2.00 bits per heavy atom. The molecule has 0 bridgehead atoms. The maximum Gasteiger partial charge on any atom is 0.221 e. The quantitative estimate of drug-likeness (QED) is 0.289. The smallest absolute Gasteiger partial charge is 0.221 e. The van der Waals surface area contributed by atoms with Gasteiger partial charge in [-0.3, -0.25) is 10.2 Å². The molecule has 36 valence electrons. The summed E-state index contributed by atoms with van der Waals surface area (Å²) in [6, 6.07) is 0. The van der Waals surface area contributed by atoms with Gasteiger partial charge in [0.2, 0.25) is 6.41 Å². The molecule has 1 atom stereocenters. The summed E-state index contributed by atoms with van der Waals surface area (Å²) in [5, 5.41) is 0. The molecule has 1 unspecified atom stereocenters. The SMILES string of the molecule is CN(P)NC=O. The highest BCUT2D eigenvalue weighted by Crippen LogP contribution is 1.79. The van der Waals surface area contributed by atoms with Gasteiger partial charge in [0.15, 0.2) is 0 Å². The van der Waals surface area contributed by atoms with Crippen LogP contribution in [0.3, 0.4) is 0 Å². The molecule has 6 heavy (non-hydrogen) atoms. The van der Waals surface area contributed by atoms with E-state index in [2.05, 4.69) is 14.8 Å². The lowest BCUT2D eigenvalue weighted by Crippen LogP contribution is -2.22. The number of carbonyl (C=O) groups is 1. The average Bonchev–Trinajstić information content (AvgIpc) is 1.35. The summed E-state index contributed by atoms with van der Waals surface area (Å²) in [4.78, 5) is 9.45. The lowest BCUT2D eigenvalue weighted by atomic mass is 11.3. The lowest BCUT2D eigenvalue weighted by molar-refractivity contribution is -0.111. The third-order valence-corrected chi connectivity index (χ3v) is 0.405. The molecule has 3 nitrogen and oxygen atoms in total. The maximum atomic E-state index is 9.45. The van der Waals surface area contributed by atoms with Crippen molar-refractivity contribution in [2.24, 2.45) is 0 Å². The third kappa shape index (κ3) is 3.86. The van der Waals surface area contributed by atoms with Crippen molar-refractivity contribution in [3.05, 3.63) is 0 Å². The largest absolute Gasteiger partial charge is 0.289 e. The summed E-state index contributed by atoms with van der Waals surface area (Å²) in [6.07, 6.45) is 0.604. The molecule has 0 saturated carbocycles. The standard InChI is InChI=1S/C2H7N2OP/c1-4(6)3-2-5/h2H,6H2,1H3,(H,3,5). The zero-order valence-corrected chi connectivity index (χ0v) is 4.66. The Morgan fingerprint density at radius 2 is 2.50 bits per heavy atom. The summed E-state index contributed by atoms with van der Waals surface area (Å²) >= 11 is 0. The van der Waals surface area contributed by atoms with Crippen molar-refractivity contribution >= 4 is 15.8 Å². The molecule has 0 aromatic rings. The molecule has 1 N–H and O–H groups in total. The van der Waals surface area contributed by atoms with Crippen LogP contribution in [0.2, 0.25) is 0 Å². The van der Waals surface area contributed by atoms with Crippen molar-refractivity contribution in [2.75, 3.05) is 7.05 Å². The predicted octanol–water partition coefficient (Wildman–Crippen LogP) is -0.631. The molecule has 4 heteroatoms. The van der Waals surface area contributed by atoms with Crippen molar-refractivity contribution in [1.29, 1.82) is 0 Å². The summed E-state index contributed by atoms with van der Waals surface area (Å²) in [7, 11) is 3.98. The van der Waals surface area contributed by atoms with E-state index < -0.39 is 0 Å². The number of nitrogens with one attached hydrogen (secondary N) is 1. The van der Waals surface area contributed by atoms with Gasteiger partial charge in [-0.05, 0) is 9.39 Å². The van der Waals surface area contributed by atoms with E-state index >= 15 is 0 Å². The van der Waals surface area contributed by atoms with Crippen LogP contribution in [-0.2, 0) is 4.79 Å². The molecular formula is C2H7N2OP. The number of hydrazine groups is 1. The number of hydrogen-bond donors (Lipinski definition) is 1. The molecular weight excluding hydrogens is 99.0 g/mol. The molecule has 0 aliphatic heterocycles. The van der Waals surface area contributed by atoms with Crippen molar-refractivity contribution < 1.29 is 4.79 Å². The van der Waals surface area contributed by atoms with Gasteiger partial charge in [-0.1, -0.05) is 0 Å². The fraction of sp³-hybridized carbons (Fsp3) is 0.500. The minimum Gasteiger partial charge on any atom is -0.289 e. The van der Waals surface area contributed by atoms with E-state index in [-0.39, 0.29) is 0 Å². The summed E-state index contributed by atoms with van der Waals surface area (Å²) in [5.41, 5.74) is 2.32. The van der Waals surface area contributed by atoms with E-state index in [0.29, 0.717) is 6.41 Å². The summed E-state index contributed by atoms with van der Waals surface area (Å²) < 4.78 is 1.48. The van der Waals surface area contributed by atoms with Crippen LogP contribution in [0.25, 0.3) is 0 Å². The first-order chi connectivity index (χ1) is 2.77. The van der Waals surface area contributed by atoms with Crippen LogP contribution >= 0.6 is 9.39 Å². The van der Waals surface area contributed by atoms with Gasteiger partial charge in [-0.25, -0.2) is 4.78 Å². The van der Waals surface area contributed by atoms with E-state index in [1.54, 1.807) is 7.05 Å². The van der Waals surface area contributed by atoms with Crippen LogP contribution in [0.4, 0.5) is 0 Å². The van der Waals surface area contributed by atoms with Crippen molar-refractivity contribution in [3.8, 4) is 0 Å². The Bertz CT molecular complexity index is 46.8. The molecule has 1 amide bonds. The van der Waals surface area contributed by atoms with Gasteiger partial charge in [-0.2, -0.15) is 0 Å². The van der Waals surface area contributed by atoms with E-state index in [9.17, 15) is 4.79 Å². The van der Waals surface area contributed by atoms with Crippen molar-refractivity contribution in [3.63, 3.8) is 0 Å². The fourth-order valence-corrected chi connectivity index (χ4v) is 0.144. The van der Waals surface area contributed by atoms with Gasteiger partial charge in [0, 0.05) is 7.05 Å². The minimum atomic E-state index is 0.604. The Balaban J connectivity index is 2.81. The number of hydrogen-bond acceptors (Lipinski definition) is 2. The van der Waals surface area contributed by atoms with E-state index in [4.69, 9.17) is 0 Å². The molecule has 0 heterocycles. The highest BCUT2D eigenvalue weighted by atomic mass is 31.0. The number of rotatable bonds is 2. The minimum absolute atomic E-state index is 0.604. The van der Waals surface area contributed by atoms with Gasteiger partial charge in [-0.15, -0.1) is 0 Å². The van der Waals surface area contributed by atoms with Gasteiger partial charge in [0.05, 0.1) is 0 Å². The molecule has 0 saturated heterocycles. The van der Waals surface area contributed by atoms with Crippen LogP contribution in [-0.4, -0.2) is 18.2 Å². The maximum absolute atomic E-state index is 9.45. The predicted molar refractivity (Wildman–Crippen MR) is 26.7 cm³/mol. The van der Waals surface area contributed by atoms with Crippen LogP contribution in [0, 0.1) is 0 Å². The highest BCUT2D eigenvalue weighted by Gasteiger charge is 1.74. The Morgan fingerprint density at radius 3 is 2.50 bits per heavy atom. The second kappa shape index (κ2) is 3.07. The first kappa shape index (κ1) is 5.86. The second-order valence-electron chi connectivity index (χ2n) is 0.858. The van der Waals surface area contributed by atoms with E-state index in [1.165, 1.54) is 4.78 Å². The topological polar surface area (TPSA) is 32.3 Å². The third-order valence-electron chi connectivity index (χ3n) is 0.256. The molecule has 0 fully saturated rings. The van der Waals surface area contributed by atoms with E-state index in [1.807, 2.05) is 0 Å². The zero-order valence-electron chi connectivity index (χ0n) is 3.51. The van der Waals surface area contributed by atoms with Gasteiger partial charge in [0.1, 0.15) is 0 Å². The van der Waals surface area contributed by atoms with Crippen molar-refractivity contribution in [2.45, 2.75) is 0 Å².